The Morgan fingerprint density at radius 3 is 2.42 bits per heavy atom. The van der Waals surface area contributed by atoms with E-state index in [-0.39, 0.29) is 17.7 Å². The van der Waals surface area contributed by atoms with Crippen LogP contribution >= 0.6 is 0 Å². The van der Waals surface area contributed by atoms with Crippen LogP contribution in [-0.2, 0) is 23.9 Å². The highest BCUT2D eigenvalue weighted by Crippen LogP contribution is 2.33. The van der Waals surface area contributed by atoms with Crippen LogP contribution in [0.5, 0.6) is 0 Å². The fourth-order valence-corrected chi connectivity index (χ4v) is 4.89. The van der Waals surface area contributed by atoms with Crippen LogP contribution in [0.3, 0.4) is 0 Å². The number of esters is 1. The zero-order chi connectivity index (χ0) is 27.1. The fourth-order valence-electron chi connectivity index (χ4n) is 4.89. The summed E-state index contributed by atoms with van der Waals surface area (Å²) in [6.07, 6.45) is 4.70. The topological polar surface area (TPSA) is 97.3 Å². The van der Waals surface area contributed by atoms with Crippen molar-refractivity contribution in [2.75, 3.05) is 13.7 Å². The predicted octanol–water partition coefficient (Wildman–Crippen LogP) is 3.93. The van der Waals surface area contributed by atoms with E-state index in [1.807, 2.05) is 80.6 Å². The molecule has 2 aromatic rings. The van der Waals surface area contributed by atoms with Gasteiger partial charge in [-0.15, -0.1) is 0 Å². The molecule has 2 aliphatic heterocycles. The van der Waals surface area contributed by atoms with Gasteiger partial charge in [0.1, 0.15) is 12.1 Å². The van der Waals surface area contributed by atoms with Crippen LogP contribution in [-0.4, -0.2) is 60.4 Å². The van der Waals surface area contributed by atoms with Gasteiger partial charge in [0.2, 0.25) is 11.8 Å². The lowest BCUT2D eigenvalue weighted by molar-refractivity contribution is -0.147. The van der Waals surface area contributed by atoms with E-state index in [9.17, 15) is 14.4 Å². The summed E-state index contributed by atoms with van der Waals surface area (Å²) in [5, 5.41) is 2.82. The highest BCUT2D eigenvalue weighted by molar-refractivity contribution is 5.98. The number of benzene rings is 2. The highest BCUT2D eigenvalue weighted by Gasteiger charge is 2.44. The molecule has 200 valence electrons. The van der Waals surface area contributed by atoms with Gasteiger partial charge in [-0.05, 0) is 42.4 Å². The van der Waals surface area contributed by atoms with Gasteiger partial charge < -0.3 is 19.7 Å². The van der Waals surface area contributed by atoms with Crippen molar-refractivity contribution in [3.8, 4) is 0 Å². The van der Waals surface area contributed by atoms with Crippen molar-refractivity contribution in [3.63, 3.8) is 0 Å². The standard InChI is InChI=1S/C30H35N3O5/c1-20(2)19-23(30(36)37-3)31-28(34)24-15-10-18-33(24)29(35)26-27(22-13-8-5-9-14-22)38-25(32-26)17-16-21-11-6-4-7-12-21/h4-9,11-14,16-17,20,23-24,26-27H,10,15,18-19H2,1-3H3,(H,31,34)/b17-16+/t23-,24-,26+,27-/m0/s1. The normalized spacial score (nSPS) is 21.7. The molecule has 0 aromatic heterocycles. The Kier molecular flexibility index (Phi) is 8.94. The molecule has 2 amide bonds. The number of hydrogen-bond acceptors (Lipinski definition) is 6. The molecule has 1 fully saturated rings. The van der Waals surface area contributed by atoms with Gasteiger partial charge in [-0.2, -0.15) is 0 Å². The first-order chi connectivity index (χ1) is 18.4. The van der Waals surface area contributed by atoms with Crippen molar-refractivity contribution >= 4 is 29.8 Å². The van der Waals surface area contributed by atoms with E-state index in [1.54, 1.807) is 11.0 Å². The predicted molar refractivity (Wildman–Crippen MR) is 145 cm³/mol. The third kappa shape index (κ3) is 6.49. The lowest BCUT2D eigenvalue weighted by atomic mass is 10.0. The van der Waals surface area contributed by atoms with Crippen molar-refractivity contribution in [1.82, 2.24) is 10.2 Å². The van der Waals surface area contributed by atoms with Crippen molar-refractivity contribution in [1.29, 1.82) is 0 Å². The molecule has 0 unspecified atom stereocenters. The van der Waals surface area contributed by atoms with Gasteiger partial charge >= 0.3 is 5.97 Å². The van der Waals surface area contributed by atoms with Crippen molar-refractivity contribution in [2.24, 2.45) is 10.9 Å². The number of carbonyl (C=O) groups is 3. The van der Waals surface area contributed by atoms with E-state index in [2.05, 4.69) is 10.3 Å². The second-order valence-electron chi connectivity index (χ2n) is 10.0. The minimum atomic E-state index is -0.826. The van der Waals surface area contributed by atoms with Gasteiger partial charge in [0.05, 0.1) is 7.11 Å². The van der Waals surface area contributed by atoms with Crippen LogP contribution < -0.4 is 5.32 Å². The molecule has 4 atom stereocenters. The molecule has 0 bridgehead atoms. The lowest BCUT2D eigenvalue weighted by Gasteiger charge is -2.29. The van der Waals surface area contributed by atoms with E-state index in [1.165, 1.54) is 7.11 Å². The Balaban J connectivity index is 1.55. The van der Waals surface area contributed by atoms with E-state index in [4.69, 9.17) is 9.47 Å². The highest BCUT2D eigenvalue weighted by atomic mass is 16.5. The van der Waals surface area contributed by atoms with E-state index >= 15 is 0 Å². The fraction of sp³-hybridized carbons (Fsp3) is 0.400. The number of methoxy groups -OCH3 is 1. The summed E-state index contributed by atoms with van der Waals surface area (Å²) < 4.78 is 11.1. The molecule has 2 heterocycles. The van der Waals surface area contributed by atoms with Crippen LogP contribution in [0.2, 0.25) is 0 Å². The first kappa shape index (κ1) is 27.1. The molecule has 1 N–H and O–H groups in total. The molecule has 2 aliphatic rings. The molecule has 2 aromatic carbocycles. The number of aliphatic imine (C=N–C) groups is 1. The maximum Gasteiger partial charge on any atom is 0.328 e. The summed E-state index contributed by atoms with van der Waals surface area (Å²) in [5.41, 5.74) is 1.82. The minimum Gasteiger partial charge on any atom is -0.467 e. The smallest absolute Gasteiger partial charge is 0.328 e. The summed E-state index contributed by atoms with van der Waals surface area (Å²) in [6.45, 7) is 4.38. The Hall–Kier alpha value is -3.94. The number of carbonyl (C=O) groups excluding carboxylic acids is 3. The Bertz CT molecular complexity index is 1180. The molecule has 0 spiro atoms. The molecule has 4 rings (SSSR count). The third-order valence-corrected chi connectivity index (χ3v) is 6.75. The van der Waals surface area contributed by atoms with Gasteiger partial charge in [0.15, 0.2) is 12.1 Å². The Morgan fingerprint density at radius 2 is 1.76 bits per heavy atom. The van der Waals surface area contributed by atoms with Gasteiger partial charge in [-0.1, -0.05) is 74.5 Å². The molecule has 0 saturated carbocycles. The van der Waals surface area contributed by atoms with Crippen LogP contribution in [0.4, 0.5) is 0 Å². The van der Waals surface area contributed by atoms with E-state index in [0.29, 0.717) is 31.7 Å². The van der Waals surface area contributed by atoms with Crippen molar-refractivity contribution in [3.05, 3.63) is 77.9 Å². The maximum absolute atomic E-state index is 13.9. The molecule has 38 heavy (non-hydrogen) atoms. The number of rotatable bonds is 9. The molecular formula is C30H35N3O5. The average Bonchev–Trinajstić information content (AvgIpc) is 3.59. The van der Waals surface area contributed by atoms with Gasteiger partial charge in [-0.3, -0.25) is 9.59 Å². The van der Waals surface area contributed by atoms with Crippen molar-refractivity contribution in [2.45, 2.75) is 57.3 Å². The Morgan fingerprint density at radius 1 is 1.08 bits per heavy atom. The van der Waals surface area contributed by atoms with Gasteiger partial charge in [0.25, 0.3) is 5.91 Å². The van der Waals surface area contributed by atoms with Crippen molar-refractivity contribution < 1.29 is 23.9 Å². The lowest BCUT2D eigenvalue weighted by Crippen LogP contribution is -2.53. The third-order valence-electron chi connectivity index (χ3n) is 6.75. The SMILES string of the molecule is COC(=O)[C@H](CC(C)C)NC(=O)[C@@H]1CCCN1C(=O)[C@@H]1N=C(/C=C/c2ccccc2)O[C@H]1c1ccccc1. The largest absolute Gasteiger partial charge is 0.467 e. The molecule has 0 radical (unpaired) electrons. The molecular weight excluding hydrogens is 482 g/mol. The second-order valence-corrected chi connectivity index (χ2v) is 10.0. The number of nitrogens with zero attached hydrogens (tertiary/aromatic N) is 2. The molecule has 8 nitrogen and oxygen atoms in total. The number of amides is 2. The maximum atomic E-state index is 13.9. The minimum absolute atomic E-state index is 0.180. The first-order valence-electron chi connectivity index (χ1n) is 13.1. The van der Waals surface area contributed by atoms with E-state index in [0.717, 1.165) is 11.1 Å². The van der Waals surface area contributed by atoms with Gasteiger partial charge in [-0.25, -0.2) is 9.79 Å². The monoisotopic (exact) mass is 517 g/mol. The number of hydrogen-bond donors (Lipinski definition) is 1. The summed E-state index contributed by atoms with van der Waals surface area (Å²) in [5.74, 6) is -0.562. The molecule has 8 heteroatoms. The summed E-state index contributed by atoms with van der Waals surface area (Å²) >= 11 is 0. The number of ether oxygens (including phenoxy) is 2. The molecule has 0 aliphatic carbocycles. The number of likely N-dealkylation sites (tertiary alicyclic amines) is 1. The van der Waals surface area contributed by atoms with Crippen LogP contribution in [0.25, 0.3) is 6.08 Å². The van der Waals surface area contributed by atoms with Crippen LogP contribution in [0.15, 0.2) is 71.7 Å². The van der Waals surface area contributed by atoms with Crippen LogP contribution in [0.1, 0.15) is 50.3 Å². The quantitative estimate of drug-likeness (QED) is 0.509. The summed E-state index contributed by atoms with van der Waals surface area (Å²) in [6, 6.07) is 17.0. The van der Waals surface area contributed by atoms with E-state index < -0.39 is 30.2 Å². The Labute approximate surface area is 223 Å². The first-order valence-corrected chi connectivity index (χ1v) is 13.1. The summed E-state index contributed by atoms with van der Waals surface area (Å²) in [4.78, 5) is 45.6. The summed E-state index contributed by atoms with van der Waals surface area (Å²) in [7, 11) is 1.30. The van der Waals surface area contributed by atoms with Gasteiger partial charge in [0, 0.05) is 12.6 Å². The zero-order valence-corrected chi connectivity index (χ0v) is 22.1. The molecule has 1 saturated heterocycles. The van der Waals surface area contributed by atoms with Crippen LogP contribution in [0, 0.1) is 5.92 Å². The zero-order valence-electron chi connectivity index (χ0n) is 22.1. The average molecular weight is 518 g/mol. The second kappa shape index (κ2) is 12.5. The number of nitrogens with one attached hydrogen (secondary N) is 1.